The Morgan fingerprint density at radius 1 is 1.20 bits per heavy atom. The number of aryl methyl sites for hydroxylation is 2. The van der Waals surface area contributed by atoms with Crippen LogP contribution in [0.25, 0.3) is 0 Å². The van der Waals surface area contributed by atoms with Crippen LogP contribution in [0.4, 0.5) is 0 Å². The SMILES string of the molecule is Cc1cc(OCCNCCc2ccsc2)cc(C)c1Cl. The van der Waals surface area contributed by atoms with Gasteiger partial charge >= 0.3 is 0 Å². The van der Waals surface area contributed by atoms with Gasteiger partial charge in [0.15, 0.2) is 0 Å². The molecule has 0 saturated carbocycles. The Morgan fingerprint density at radius 2 is 1.95 bits per heavy atom. The number of rotatable bonds is 7. The first-order valence-electron chi connectivity index (χ1n) is 6.78. The van der Waals surface area contributed by atoms with Crippen LogP contribution in [0, 0.1) is 13.8 Å². The third-order valence-electron chi connectivity index (χ3n) is 3.13. The quantitative estimate of drug-likeness (QED) is 0.773. The Kier molecular flexibility index (Phi) is 5.89. The van der Waals surface area contributed by atoms with Crippen molar-refractivity contribution >= 4 is 22.9 Å². The maximum Gasteiger partial charge on any atom is 0.119 e. The first-order valence-corrected chi connectivity index (χ1v) is 8.10. The topological polar surface area (TPSA) is 21.3 Å². The summed E-state index contributed by atoms with van der Waals surface area (Å²) < 4.78 is 5.74. The fraction of sp³-hybridized carbons (Fsp3) is 0.375. The molecule has 2 nitrogen and oxygen atoms in total. The number of halogens is 1. The van der Waals surface area contributed by atoms with Gasteiger partial charge in [-0.3, -0.25) is 0 Å². The molecule has 0 radical (unpaired) electrons. The molecule has 0 fully saturated rings. The molecule has 1 aromatic heterocycles. The van der Waals surface area contributed by atoms with Crippen LogP contribution in [0.3, 0.4) is 0 Å². The zero-order chi connectivity index (χ0) is 14.4. The summed E-state index contributed by atoms with van der Waals surface area (Å²) in [4.78, 5) is 0. The monoisotopic (exact) mass is 309 g/mol. The summed E-state index contributed by atoms with van der Waals surface area (Å²) in [5, 5.41) is 8.52. The zero-order valence-electron chi connectivity index (χ0n) is 11.9. The van der Waals surface area contributed by atoms with Gasteiger partial charge in [0.25, 0.3) is 0 Å². The largest absolute Gasteiger partial charge is 0.492 e. The van der Waals surface area contributed by atoms with E-state index in [0.29, 0.717) is 6.61 Å². The molecule has 0 aliphatic rings. The van der Waals surface area contributed by atoms with Gasteiger partial charge in [0.05, 0.1) is 0 Å². The highest BCUT2D eigenvalue weighted by Gasteiger charge is 2.03. The summed E-state index contributed by atoms with van der Waals surface area (Å²) in [7, 11) is 0. The second kappa shape index (κ2) is 7.67. The van der Waals surface area contributed by atoms with Crippen molar-refractivity contribution in [3.63, 3.8) is 0 Å². The van der Waals surface area contributed by atoms with Crippen LogP contribution in [0.2, 0.25) is 5.02 Å². The van der Waals surface area contributed by atoms with E-state index in [9.17, 15) is 0 Å². The number of hydrogen-bond acceptors (Lipinski definition) is 3. The number of benzene rings is 1. The Balaban J connectivity index is 1.66. The first-order chi connectivity index (χ1) is 9.66. The number of hydrogen-bond donors (Lipinski definition) is 1. The average Bonchev–Trinajstić information content (AvgIpc) is 2.93. The van der Waals surface area contributed by atoms with Gasteiger partial charge in [0.2, 0.25) is 0 Å². The van der Waals surface area contributed by atoms with Crippen molar-refractivity contribution in [1.29, 1.82) is 0 Å². The van der Waals surface area contributed by atoms with Gasteiger partial charge in [-0.1, -0.05) is 11.6 Å². The van der Waals surface area contributed by atoms with Crippen molar-refractivity contribution in [2.24, 2.45) is 0 Å². The second-order valence-electron chi connectivity index (χ2n) is 4.85. The number of ether oxygens (including phenoxy) is 1. The van der Waals surface area contributed by atoms with Crippen LogP contribution in [-0.4, -0.2) is 19.7 Å². The smallest absolute Gasteiger partial charge is 0.119 e. The fourth-order valence-electron chi connectivity index (χ4n) is 2.02. The molecule has 1 heterocycles. The molecule has 20 heavy (non-hydrogen) atoms. The van der Waals surface area contributed by atoms with Gasteiger partial charge < -0.3 is 10.1 Å². The van der Waals surface area contributed by atoms with E-state index < -0.39 is 0 Å². The molecule has 1 N–H and O–H groups in total. The van der Waals surface area contributed by atoms with E-state index in [4.69, 9.17) is 16.3 Å². The minimum absolute atomic E-state index is 0.671. The van der Waals surface area contributed by atoms with Crippen molar-refractivity contribution in [3.05, 3.63) is 50.7 Å². The highest BCUT2D eigenvalue weighted by molar-refractivity contribution is 7.07. The van der Waals surface area contributed by atoms with Crippen molar-refractivity contribution in [2.75, 3.05) is 19.7 Å². The predicted molar refractivity (Wildman–Crippen MR) is 87.3 cm³/mol. The zero-order valence-corrected chi connectivity index (χ0v) is 13.5. The Bertz CT molecular complexity index is 516. The summed E-state index contributed by atoms with van der Waals surface area (Å²) in [6.07, 6.45) is 1.07. The highest BCUT2D eigenvalue weighted by Crippen LogP contribution is 2.25. The highest BCUT2D eigenvalue weighted by atomic mass is 35.5. The van der Waals surface area contributed by atoms with Gasteiger partial charge in [-0.25, -0.2) is 0 Å². The predicted octanol–water partition coefficient (Wildman–Crippen LogP) is 4.23. The molecule has 0 bridgehead atoms. The minimum Gasteiger partial charge on any atom is -0.492 e. The molecule has 0 amide bonds. The maximum atomic E-state index is 6.13. The average molecular weight is 310 g/mol. The van der Waals surface area contributed by atoms with Gasteiger partial charge in [-0.05, 0) is 72.5 Å². The molecule has 0 atom stereocenters. The molecule has 0 spiro atoms. The lowest BCUT2D eigenvalue weighted by molar-refractivity contribution is 0.314. The van der Waals surface area contributed by atoms with Gasteiger partial charge in [-0.2, -0.15) is 11.3 Å². The third kappa shape index (κ3) is 4.51. The van der Waals surface area contributed by atoms with E-state index >= 15 is 0 Å². The van der Waals surface area contributed by atoms with E-state index in [1.165, 1.54) is 5.56 Å². The van der Waals surface area contributed by atoms with Crippen LogP contribution >= 0.6 is 22.9 Å². The fourth-order valence-corrected chi connectivity index (χ4v) is 2.84. The van der Waals surface area contributed by atoms with E-state index in [0.717, 1.165) is 41.4 Å². The van der Waals surface area contributed by atoms with Crippen molar-refractivity contribution < 1.29 is 4.74 Å². The molecule has 1 aromatic carbocycles. The molecule has 0 unspecified atom stereocenters. The molecule has 0 aliphatic carbocycles. The summed E-state index contributed by atoms with van der Waals surface area (Å²) in [6.45, 7) is 6.51. The van der Waals surface area contributed by atoms with E-state index in [1.54, 1.807) is 11.3 Å². The molecule has 4 heteroatoms. The second-order valence-corrected chi connectivity index (χ2v) is 6.01. The molecule has 2 aromatic rings. The molecule has 0 saturated heterocycles. The van der Waals surface area contributed by atoms with E-state index in [-0.39, 0.29) is 0 Å². The van der Waals surface area contributed by atoms with E-state index in [1.807, 2.05) is 26.0 Å². The van der Waals surface area contributed by atoms with Gasteiger partial charge in [-0.15, -0.1) is 0 Å². The normalized spacial score (nSPS) is 10.8. The lowest BCUT2D eigenvalue weighted by Gasteiger charge is -2.10. The van der Waals surface area contributed by atoms with Crippen LogP contribution < -0.4 is 10.1 Å². The maximum absolute atomic E-state index is 6.13. The van der Waals surface area contributed by atoms with Gasteiger partial charge in [0.1, 0.15) is 12.4 Å². The molecule has 0 aliphatic heterocycles. The van der Waals surface area contributed by atoms with Crippen molar-refractivity contribution in [3.8, 4) is 5.75 Å². The Hall–Kier alpha value is -1.03. The summed E-state index contributed by atoms with van der Waals surface area (Å²) in [6, 6.07) is 6.14. The van der Waals surface area contributed by atoms with Crippen LogP contribution in [0.1, 0.15) is 16.7 Å². The Morgan fingerprint density at radius 3 is 2.60 bits per heavy atom. The lowest BCUT2D eigenvalue weighted by atomic mass is 10.1. The molecular weight excluding hydrogens is 290 g/mol. The minimum atomic E-state index is 0.671. The summed E-state index contributed by atoms with van der Waals surface area (Å²) >= 11 is 7.88. The number of thiophene rings is 1. The van der Waals surface area contributed by atoms with Crippen molar-refractivity contribution in [1.82, 2.24) is 5.32 Å². The third-order valence-corrected chi connectivity index (χ3v) is 4.46. The first kappa shape index (κ1) is 15.4. The lowest BCUT2D eigenvalue weighted by Crippen LogP contribution is -2.23. The molecule has 108 valence electrons. The number of nitrogens with one attached hydrogen (secondary N) is 1. The van der Waals surface area contributed by atoms with Gasteiger partial charge in [0, 0.05) is 11.6 Å². The molecule has 2 rings (SSSR count). The summed E-state index contributed by atoms with van der Waals surface area (Å²) in [5.74, 6) is 0.893. The Labute approximate surface area is 129 Å². The van der Waals surface area contributed by atoms with Crippen molar-refractivity contribution in [2.45, 2.75) is 20.3 Å². The van der Waals surface area contributed by atoms with E-state index in [2.05, 4.69) is 22.1 Å². The van der Waals surface area contributed by atoms with Crippen LogP contribution in [0.5, 0.6) is 5.75 Å². The van der Waals surface area contributed by atoms with Crippen LogP contribution in [-0.2, 0) is 6.42 Å². The summed E-state index contributed by atoms with van der Waals surface area (Å²) in [5.41, 5.74) is 3.52. The molecular formula is C16H20ClNOS. The standard InChI is InChI=1S/C16H20ClNOS/c1-12-9-15(10-13(2)16(12)17)19-7-6-18-5-3-14-4-8-20-11-14/h4,8-11,18H,3,5-7H2,1-2H3. The van der Waals surface area contributed by atoms with Crippen LogP contribution in [0.15, 0.2) is 29.0 Å².